The first-order valence-electron chi connectivity index (χ1n) is 3.89. The molecule has 0 bridgehead atoms. The molecule has 58 valence electrons. The highest BCUT2D eigenvalue weighted by molar-refractivity contribution is 5.82. The Hall–Kier alpha value is -0.590. The molecule has 0 aromatic rings. The molecule has 0 rings (SSSR count). The normalized spacial score (nSPS) is 9.90. The van der Waals surface area contributed by atoms with Gasteiger partial charge in [-0.15, -0.1) is 6.58 Å². The molecule has 0 N–H and O–H groups in total. The largest absolute Gasteiger partial charge is 0.299 e. The SMILES string of the molecule is C=CCC(=O)C(CC)CC. The third-order valence-electron chi connectivity index (χ3n) is 1.79. The first-order valence-corrected chi connectivity index (χ1v) is 3.89. The second kappa shape index (κ2) is 5.21. The molecular weight excluding hydrogens is 124 g/mol. The summed E-state index contributed by atoms with van der Waals surface area (Å²) in [6, 6.07) is 0. The van der Waals surface area contributed by atoms with Crippen LogP contribution in [0.1, 0.15) is 33.1 Å². The van der Waals surface area contributed by atoms with Crippen LogP contribution in [-0.4, -0.2) is 5.78 Å². The van der Waals surface area contributed by atoms with Gasteiger partial charge in [0.2, 0.25) is 0 Å². The molecule has 0 heterocycles. The van der Waals surface area contributed by atoms with Gasteiger partial charge in [-0.25, -0.2) is 0 Å². The Kier molecular flexibility index (Phi) is 4.91. The van der Waals surface area contributed by atoms with Crippen LogP contribution in [0.5, 0.6) is 0 Å². The fraction of sp³-hybridized carbons (Fsp3) is 0.667. The van der Waals surface area contributed by atoms with Crippen LogP contribution in [0.15, 0.2) is 12.7 Å². The van der Waals surface area contributed by atoms with Crippen molar-refractivity contribution in [1.82, 2.24) is 0 Å². The van der Waals surface area contributed by atoms with Gasteiger partial charge in [0, 0.05) is 12.3 Å². The third-order valence-corrected chi connectivity index (χ3v) is 1.79. The highest BCUT2D eigenvalue weighted by Crippen LogP contribution is 2.10. The number of allylic oxidation sites excluding steroid dienone is 1. The van der Waals surface area contributed by atoms with E-state index in [1.807, 2.05) is 0 Å². The molecule has 1 heteroatoms. The van der Waals surface area contributed by atoms with E-state index >= 15 is 0 Å². The van der Waals surface area contributed by atoms with Crippen LogP contribution in [0.4, 0.5) is 0 Å². The summed E-state index contributed by atoms with van der Waals surface area (Å²) >= 11 is 0. The van der Waals surface area contributed by atoms with Crippen molar-refractivity contribution in [2.45, 2.75) is 33.1 Å². The van der Waals surface area contributed by atoms with Crippen LogP contribution in [0.2, 0.25) is 0 Å². The van der Waals surface area contributed by atoms with E-state index in [0.717, 1.165) is 12.8 Å². The second-order valence-corrected chi connectivity index (χ2v) is 2.47. The molecule has 0 fully saturated rings. The van der Waals surface area contributed by atoms with Gasteiger partial charge < -0.3 is 0 Å². The maximum atomic E-state index is 11.1. The lowest BCUT2D eigenvalue weighted by Gasteiger charge is -2.07. The van der Waals surface area contributed by atoms with Crippen LogP contribution in [0.3, 0.4) is 0 Å². The molecule has 0 atom stereocenters. The predicted molar refractivity (Wildman–Crippen MR) is 43.9 cm³/mol. The Bertz CT molecular complexity index is 112. The summed E-state index contributed by atoms with van der Waals surface area (Å²) < 4.78 is 0. The molecule has 0 radical (unpaired) electrons. The van der Waals surface area contributed by atoms with Crippen molar-refractivity contribution >= 4 is 5.78 Å². The van der Waals surface area contributed by atoms with Crippen molar-refractivity contribution in [3.63, 3.8) is 0 Å². The zero-order valence-electron chi connectivity index (χ0n) is 6.89. The zero-order valence-corrected chi connectivity index (χ0v) is 6.89. The van der Waals surface area contributed by atoms with Gasteiger partial charge >= 0.3 is 0 Å². The average molecular weight is 140 g/mol. The van der Waals surface area contributed by atoms with E-state index in [1.165, 1.54) is 0 Å². The Morgan fingerprint density at radius 1 is 1.50 bits per heavy atom. The van der Waals surface area contributed by atoms with Gasteiger partial charge in [-0.1, -0.05) is 19.9 Å². The third kappa shape index (κ3) is 2.81. The maximum absolute atomic E-state index is 11.1. The predicted octanol–water partition coefficient (Wildman–Crippen LogP) is 2.57. The van der Waals surface area contributed by atoms with Gasteiger partial charge in [-0.3, -0.25) is 4.79 Å². The summed E-state index contributed by atoms with van der Waals surface area (Å²) in [6.07, 6.45) is 4.14. The van der Waals surface area contributed by atoms with Crippen molar-refractivity contribution in [3.05, 3.63) is 12.7 Å². The first kappa shape index (κ1) is 9.41. The summed E-state index contributed by atoms with van der Waals surface area (Å²) in [7, 11) is 0. The van der Waals surface area contributed by atoms with Gasteiger partial charge in [-0.05, 0) is 12.8 Å². The molecule has 1 nitrogen and oxygen atoms in total. The number of hydrogen-bond acceptors (Lipinski definition) is 1. The molecule has 0 aliphatic heterocycles. The van der Waals surface area contributed by atoms with Gasteiger partial charge in [0.15, 0.2) is 0 Å². The molecule has 10 heavy (non-hydrogen) atoms. The fourth-order valence-corrected chi connectivity index (χ4v) is 1.05. The molecule has 0 amide bonds. The topological polar surface area (TPSA) is 17.1 Å². The van der Waals surface area contributed by atoms with Gasteiger partial charge in [0.1, 0.15) is 5.78 Å². The number of rotatable bonds is 5. The Labute approximate surface area is 63.1 Å². The standard InChI is InChI=1S/C9H16O/c1-4-7-9(10)8(5-2)6-3/h4,8H,1,5-7H2,2-3H3. The van der Waals surface area contributed by atoms with E-state index in [2.05, 4.69) is 20.4 Å². The number of Topliss-reactive ketones (excluding diaryl/α,β-unsaturated/α-hetero) is 1. The Balaban J connectivity index is 3.76. The van der Waals surface area contributed by atoms with Crippen molar-refractivity contribution in [2.24, 2.45) is 5.92 Å². The van der Waals surface area contributed by atoms with E-state index in [4.69, 9.17) is 0 Å². The lowest BCUT2D eigenvalue weighted by atomic mass is 9.96. The van der Waals surface area contributed by atoms with Crippen molar-refractivity contribution in [1.29, 1.82) is 0 Å². The van der Waals surface area contributed by atoms with Crippen LogP contribution >= 0.6 is 0 Å². The summed E-state index contributed by atoms with van der Waals surface area (Å²) in [5.41, 5.74) is 0. The second-order valence-electron chi connectivity index (χ2n) is 2.47. The number of carbonyl (C=O) groups excluding carboxylic acids is 1. The summed E-state index contributed by atoms with van der Waals surface area (Å²) in [5.74, 6) is 0.595. The average Bonchev–Trinajstić information content (AvgIpc) is 1.91. The van der Waals surface area contributed by atoms with E-state index < -0.39 is 0 Å². The quantitative estimate of drug-likeness (QED) is 0.536. The Morgan fingerprint density at radius 2 is 2.00 bits per heavy atom. The van der Waals surface area contributed by atoms with Crippen LogP contribution < -0.4 is 0 Å². The highest BCUT2D eigenvalue weighted by Gasteiger charge is 2.11. The van der Waals surface area contributed by atoms with Crippen molar-refractivity contribution < 1.29 is 4.79 Å². The van der Waals surface area contributed by atoms with Crippen LogP contribution in [-0.2, 0) is 4.79 Å². The molecule has 0 aromatic heterocycles. The smallest absolute Gasteiger partial charge is 0.139 e. The van der Waals surface area contributed by atoms with E-state index in [0.29, 0.717) is 12.2 Å². The minimum absolute atomic E-state index is 0.262. The molecule has 0 saturated heterocycles. The fourth-order valence-electron chi connectivity index (χ4n) is 1.05. The Morgan fingerprint density at radius 3 is 2.30 bits per heavy atom. The summed E-state index contributed by atoms with van der Waals surface area (Å²) in [6.45, 7) is 7.63. The molecule has 0 spiro atoms. The van der Waals surface area contributed by atoms with E-state index in [9.17, 15) is 4.79 Å². The lowest BCUT2D eigenvalue weighted by molar-refractivity contribution is -0.122. The number of hydrogen-bond donors (Lipinski definition) is 0. The van der Waals surface area contributed by atoms with Crippen molar-refractivity contribution in [3.8, 4) is 0 Å². The maximum Gasteiger partial charge on any atom is 0.139 e. The van der Waals surface area contributed by atoms with E-state index in [1.54, 1.807) is 6.08 Å². The highest BCUT2D eigenvalue weighted by atomic mass is 16.1. The molecule has 0 aliphatic carbocycles. The summed E-state index contributed by atoms with van der Waals surface area (Å²) in [4.78, 5) is 11.1. The van der Waals surface area contributed by atoms with Gasteiger partial charge in [0.25, 0.3) is 0 Å². The van der Waals surface area contributed by atoms with E-state index in [-0.39, 0.29) is 5.92 Å². The molecule has 0 unspecified atom stereocenters. The van der Waals surface area contributed by atoms with Crippen LogP contribution in [0.25, 0.3) is 0 Å². The van der Waals surface area contributed by atoms with Crippen LogP contribution in [0, 0.1) is 5.92 Å². The minimum atomic E-state index is 0.262. The zero-order chi connectivity index (χ0) is 7.98. The summed E-state index contributed by atoms with van der Waals surface area (Å²) in [5, 5.41) is 0. The van der Waals surface area contributed by atoms with Gasteiger partial charge in [0.05, 0.1) is 0 Å². The molecule has 0 aliphatic rings. The van der Waals surface area contributed by atoms with Crippen molar-refractivity contribution in [2.75, 3.05) is 0 Å². The molecule has 0 aromatic carbocycles. The lowest BCUT2D eigenvalue weighted by Crippen LogP contribution is -2.10. The minimum Gasteiger partial charge on any atom is -0.299 e. The number of ketones is 1. The molecular formula is C9H16O. The number of carbonyl (C=O) groups is 1. The monoisotopic (exact) mass is 140 g/mol. The van der Waals surface area contributed by atoms with Gasteiger partial charge in [-0.2, -0.15) is 0 Å². The molecule has 0 saturated carbocycles. The first-order chi connectivity index (χ1) is 4.76.